The summed E-state index contributed by atoms with van der Waals surface area (Å²) in [5.74, 6) is -1.16. The van der Waals surface area contributed by atoms with Crippen molar-refractivity contribution < 1.29 is 22.3 Å². The summed E-state index contributed by atoms with van der Waals surface area (Å²) in [4.78, 5) is 25.8. The quantitative estimate of drug-likeness (QED) is 0.713. The molecule has 3 aliphatic rings. The minimum atomic E-state index is -4.16. The molecule has 2 fully saturated rings. The molecule has 5 rings (SSSR count). The van der Waals surface area contributed by atoms with E-state index >= 15 is 0 Å². The highest BCUT2D eigenvalue weighted by Gasteiger charge is 2.65. The van der Waals surface area contributed by atoms with Crippen LogP contribution in [0.15, 0.2) is 36.4 Å². The molecule has 29 heavy (non-hydrogen) atoms. The molecule has 2 aromatic rings. The van der Waals surface area contributed by atoms with E-state index < -0.39 is 32.6 Å². The summed E-state index contributed by atoms with van der Waals surface area (Å²) in [5.41, 5.74) is -0.208. The Morgan fingerprint density at radius 1 is 1.03 bits per heavy atom. The zero-order valence-corrected chi connectivity index (χ0v) is 17.5. The molecule has 1 heterocycles. The van der Waals surface area contributed by atoms with Crippen molar-refractivity contribution >= 4 is 32.7 Å². The van der Waals surface area contributed by atoms with E-state index in [1.807, 2.05) is 19.1 Å². The van der Waals surface area contributed by atoms with Crippen molar-refractivity contribution in [3.05, 3.63) is 47.5 Å². The van der Waals surface area contributed by atoms with Crippen LogP contribution in [-0.4, -0.2) is 30.5 Å². The third-order valence-corrected chi connectivity index (χ3v) is 9.75. The second-order valence-corrected chi connectivity index (χ2v) is 11.0. The van der Waals surface area contributed by atoms with Gasteiger partial charge in [0.25, 0.3) is 21.9 Å². The van der Waals surface area contributed by atoms with Crippen LogP contribution >= 0.6 is 0 Å². The average molecular weight is 413 g/mol. The fraction of sp³-hybridized carbons (Fsp3) is 0.455. The van der Waals surface area contributed by atoms with Gasteiger partial charge in [0.15, 0.2) is 0 Å². The van der Waals surface area contributed by atoms with Crippen molar-refractivity contribution in [3.8, 4) is 0 Å². The lowest BCUT2D eigenvalue weighted by Gasteiger charge is -2.38. The summed E-state index contributed by atoms with van der Waals surface area (Å²) in [6, 6.07) is 10.5. The number of carbonyl (C=O) groups excluding carboxylic acids is 2. The summed E-state index contributed by atoms with van der Waals surface area (Å²) < 4.78 is 31.7. The number of rotatable bonds is 3. The van der Waals surface area contributed by atoms with Crippen molar-refractivity contribution in [2.45, 2.75) is 45.3 Å². The van der Waals surface area contributed by atoms with Crippen molar-refractivity contribution in [3.63, 3.8) is 0 Å². The van der Waals surface area contributed by atoms with Crippen LogP contribution in [0.2, 0.25) is 0 Å². The van der Waals surface area contributed by atoms with E-state index in [-0.39, 0.29) is 16.5 Å². The Labute approximate surface area is 169 Å². The van der Waals surface area contributed by atoms with Crippen LogP contribution in [0.5, 0.6) is 0 Å². The molecule has 2 bridgehead atoms. The third kappa shape index (κ3) is 2.28. The maximum Gasteiger partial charge on any atom is 0.292 e. The van der Waals surface area contributed by atoms with Gasteiger partial charge in [-0.3, -0.25) is 9.59 Å². The maximum atomic E-state index is 13.2. The molecule has 3 atom stereocenters. The number of amides is 2. The molecule has 1 aliphatic heterocycles. The first-order valence-corrected chi connectivity index (χ1v) is 11.4. The number of hydrogen-bond donors (Lipinski definition) is 0. The van der Waals surface area contributed by atoms with E-state index in [1.165, 1.54) is 0 Å². The predicted octanol–water partition coefficient (Wildman–Crippen LogP) is 3.91. The molecule has 0 radical (unpaired) electrons. The lowest BCUT2D eigenvalue weighted by Crippen LogP contribution is -2.44. The minimum absolute atomic E-state index is 0.133. The van der Waals surface area contributed by atoms with Crippen LogP contribution < -0.4 is 0 Å². The first-order valence-electron chi connectivity index (χ1n) is 9.92. The van der Waals surface area contributed by atoms with E-state index in [0.29, 0.717) is 22.8 Å². The maximum absolute atomic E-state index is 13.2. The number of carbonyl (C=O) groups is 2. The normalized spacial score (nSPS) is 30.4. The van der Waals surface area contributed by atoms with Crippen LogP contribution in [0.25, 0.3) is 10.8 Å². The van der Waals surface area contributed by atoms with E-state index in [2.05, 4.69) is 13.8 Å². The van der Waals surface area contributed by atoms with Crippen molar-refractivity contribution in [2.24, 2.45) is 16.7 Å². The fourth-order valence-electron chi connectivity index (χ4n) is 5.77. The van der Waals surface area contributed by atoms with Crippen LogP contribution in [0.3, 0.4) is 0 Å². The number of hydroxylamine groups is 2. The lowest BCUT2D eigenvalue weighted by atomic mass is 9.71. The van der Waals surface area contributed by atoms with Crippen molar-refractivity contribution in [2.75, 3.05) is 0 Å². The standard InChI is InChI=1S/C22H23NO5S/c1-21(2)14-10-11-22(21,3)17(12-14)29(26,27)28-23-19(24)16-9-8-13-6-4-5-7-15(13)18(16)20(23)25/h4-9,14,17H,10-12H2,1-3H3. The number of nitrogens with zero attached hydrogens (tertiary/aromatic N) is 1. The Morgan fingerprint density at radius 2 is 1.76 bits per heavy atom. The van der Waals surface area contributed by atoms with Gasteiger partial charge in [-0.1, -0.05) is 51.1 Å². The third-order valence-electron chi connectivity index (χ3n) is 7.98. The highest BCUT2D eigenvalue weighted by molar-refractivity contribution is 7.87. The van der Waals surface area contributed by atoms with Crippen molar-refractivity contribution in [1.82, 2.24) is 5.06 Å². The molecule has 2 aliphatic carbocycles. The number of hydrogen-bond acceptors (Lipinski definition) is 5. The van der Waals surface area contributed by atoms with Gasteiger partial charge in [0, 0.05) is 0 Å². The first kappa shape index (κ1) is 18.8. The molecule has 2 aromatic carbocycles. The SMILES string of the molecule is CC1(C)C2CCC1(C)C(S(=O)(=O)ON1C(=O)c3ccc4ccccc4c3C1=O)C2. The lowest BCUT2D eigenvalue weighted by molar-refractivity contribution is -0.0127. The highest BCUT2D eigenvalue weighted by atomic mass is 32.2. The Hall–Kier alpha value is -2.25. The molecule has 0 N–H and O–H groups in total. The summed E-state index contributed by atoms with van der Waals surface area (Å²) in [7, 11) is -4.16. The van der Waals surface area contributed by atoms with E-state index in [1.54, 1.807) is 24.3 Å². The molecular formula is C22H23NO5S. The van der Waals surface area contributed by atoms with Gasteiger partial charge in [0.05, 0.1) is 16.4 Å². The average Bonchev–Trinajstić information content (AvgIpc) is 3.14. The van der Waals surface area contributed by atoms with Crippen LogP contribution in [-0.2, 0) is 14.4 Å². The van der Waals surface area contributed by atoms with Gasteiger partial charge in [-0.05, 0) is 52.8 Å². The molecular weight excluding hydrogens is 390 g/mol. The highest BCUT2D eigenvalue weighted by Crippen LogP contribution is 2.67. The molecule has 0 saturated heterocycles. The van der Waals surface area contributed by atoms with E-state index in [9.17, 15) is 18.0 Å². The summed E-state index contributed by atoms with van der Waals surface area (Å²) in [6.07, 6.45) is 2.29. The first-order chi connectivity index (χ1) is 13.6. The van der Waals surface area contributed by atoms with Crippen LogP contribution in [0.4, 0.5) is 0 Å². The zero-order valence-electron chi connectivity index (χ0n) is 16.6. The summed E-state index contributed by atoms with van der Waals surface area (Å²) >= 11 is 0. The molecule has 3 unspecified atom stereocenters. The largest absolute Gasteiger partial charge is 0.292 e. The Kier molecular flexibility index (Phi) is 3.67. The minimum Gasteiger partial charge on any atom is -0.266 e. The molecule has 2 saturated carbocycles. The topological polar surface area (TPSA) is 80.8 Å². The van der Waals surface area contributed by atoms with Gasteiger partial charge >= 0.3 is 0 Å². The van der Waals surface area contributed by atoms with Crippen LogP contribution in [0, 0.1) is 16.7 Å². The van der Waals surface area contributed by atoms with Gasteiger partial charge in [-0.25, -0.2) is 0 Å². The number of benzene rings is 2. The predicted molar refractivity (Wildman–Crippen MR) is 107 cm³/mol. The smallest absolute Gasteiger partial charge is 0.266 e. The molecule has 0 spiro atoms. The molecule has 6 nitrogen and oxygen atoms in total. The Morgan fingerprint density at radius 3 is 2.41 bits per heavy atom. The summed E-state index contributed by atoms with van der Waals surface area (Å²) in [5, 5.41) is 1.12. The number of imide groups is 1. The molecule has 2 amide bonds. The second-order valence-electron chi connectivity index (χ2n) is 9.28. The Bertz CT molecular complexity index is 1180. The monoisotopic (exact) mass is 413 g/mol. The fourth-order valence-corrected chi connectivity index (χ4v) is 7.75. The Balaban J connectivity index is 1.51. The van der Waals surface area contributed by atoms with Gasteiger partial charge in [-0.15, -0.1) is 9.35 Å². The molecule has 0 aromatic heterocycles. The second kappa shape index (κ2) is 5.67. The zero-order chi connectivity index (χ0) is 20.8. The van der Waals surface area contributed by atoms with Gasteiger partial charge in [0.1, 0.15) is 0 Å². The van der Waals surface area contributed by atoms with E-state index in [4.69, 9.17) is 4.28 Å². The molecule has 152 valence electrons. The summed E-state index contributed by atoms with van der Waals surface area (Å²) in [6.45, 7) is 6.20. The molecule has 7 heteroatoms. The van der Waals surface area contributed by atoms with Crippen molar-refractivity contribution in [1.29, 1.82) is 0 Å². The van der Waals surface area contributed by atoms with Crippen LogP contribution in [0.1, 0.15) is 60.7 Å². The van der Waals surface area contributed by atoms with Gasteiger partial charge < -0.3 is 0 Å². The van der Waals surface area contributed by atoms with E-state index in [0.717, 1.165) is 18.2 Å². The van der Waals surface area contributed by atoms with Gasteiger partial charge in [-0.2, -0.15) is 8.42 Å². The van der Waals surface area contributed by atoms with Gasteiger partial charge in [0.2, 0.25) is 0 Å². The number of fused-ring (bicyclic) bond motifs is 5.